The fourth-order valence-electron chi connectivity index (χ4n) is 3.30. The maximum absolute atomic E-state index is 13.3. The van der Waals surface area contributed by atoms with Crippen LogP contribution in [0.4, 0.5) is 0 Å². The van der Waals surface area contributed by atoms with Crippen LogP contribution < -0.4 is 0 Å². The summed E-state index contributed by atoms with van der Waals surface area (Å²) in [6, 6.07) is 16.2. The lowest BCUT2D eigenvalue weighted by Gasteiger charge is -2.37. The first-order valence-electron chi connectivity index (χ1n) is 10.1. The second-order valence-corrected chi connectivity index (χ2v) is 9.88. The summed E-state index contributed by atoms with van der Waals surface area (Å²) in [5.41, 5.74) is 3.98. The Hall–Kier alpha value is -2.60. The summed E-state index contributed by atoms with van der Waals surface area (Å²) in [6.07, 6.45) is 0. The first-order chi connectivity index (χ1) is 14.1. The summed E-state index contributed by atoms with van der Waals surface area (Å²) in [5.74, 6) is 0.517. The molecule has 3 aromatic rings. The molecular formula is C24H29N3O2S. The number of amides is 1. The lowest BCUT2D eigenvalue weighted by molar-refractivity contribution is -0.135. The number of hydrogen-bond donors (Lipinski definition) is 0. The monoisotopic (exact) mass is 423 g/mol. The van der Waals surface area contributed by atoms with Crippen molar-refractivity contribution in [3.8, 4) is 11.5 Å². The molecule has 2 aromatic carbocycles. The zero-order chi connectivity index (χ0) is 21.9. The van der Waals surface area contributed by atoms with Gasteiger partial charge in [-0.05, 0) is 59.2 Å². The Kier molecular flexibility index (Phi) is 6.66. The SMILES string of the molecule is Cc1cc(C)cc(-c2nnc(S[C@@H](C)C(=O)N(Cc3ccccc3)C(C)(C)C)o2)c1. The molecule has 0 aliphatic heterocycles. The van der Waals surface area contributed by atoms with E-state index in [4.69, 9.17) is 4.42 Å². The van der Waals surface area contributed by atoms with Crippen molar-refractivity contribution in [1.29, 1.82) is 0 Å². The molecule has 5 nitrogen and oxygen atoms in total. The van der Waals surface area contributed by atoms with Crippen LogP contribution in [0.25, 0.3) is 11.5 Å². The van der Waals surface area contributed by atoms with E-state index in [0.717, 1.165) is 22.3 Å². The van der Waals surface area contributed by atoms with Gasteiger partial charge in [0.05, 0.1) is 5.25 Å². The van der Waals surface area contributed by atoms with Gasteiger partial charge in [-0.15, -0.1) is 10.2 Å². The Bertz CT molecular complexity index is 989. The smallest absolute Gasteiger partial charge is 0.277 e. The molecule has 1 heterocycles. The number of rotatable bonds is 6. The Morgan fingerprint density at radius 1 is 1.07 bits per heavy atom. The van der Waals surface area contributed by atoms with E-state index in [0.29, 0.717) is 17.7 Å². The van der Waals surface area contributed by atoms with E-state index in [1.165, 1.54) is 11.8 Å². The average molecular weight is 424 g/mol. The number of benzene rings is 2. The van der Waals surface area contributed by atoms with Crippen molar-refractivity contribution in [3.63, 3.8) is 0 Å². The highest BCUT2D eigenvalue weighted by Gasteiger charge is 2.31. The standard InChI is InChI=1S/C24H29N3O2S/c1-16-12-17(2)14-20(13-16)21-25-26-23(29-21)30-18(3)22(28)27(24(4,5)6)15-19-10-8-7-9-11-19/h7-14,18H,15H2,1-6H3/t18-/m0/s1. The van der Waals surface area contributed by atoms with Gasteiger partial charge in [0.1, 0.15) is 0 Å². The number of carbonyl (C=O) groups is 1. The summed E-state index contributed by atoms with van der Waals surface area (Å²) < 4.78 is 5.85. The summed E-state index contributed by atoms with van der Waals surface area (Å²) in [4.78, 5) is 15.2. The largest absolute Gasteiger partial charge is 0.411 e. The number of hydrogen-bond acceptors (Lipinski definition) is 5. The van der Waals surface area contributed by atoms with Crippen LogP contribution in [0, 0.1) is 13.8 Å². The molecule has 0 N–H and O–H groups in total. The summed E-state index contributed by atoms with van der Waals surface area (Å²) in [7, 11) is 0. The van der Waals surface area contributed by atoms with Crippen molar-refractivity contribution in [1.82, 2.24) is 15.1 Å². The maximum atomic E-state index is 13.3. The van der Waals surface area contributed by atoms with E-state index in [9.17, 15) is 4.79 Å². The fraction of sp³-hybridized carbons (Fsp3) is 0.375. The number of nitrogens with zero attached hydrogens (tertiary/aromatic N) is 3. The van der Waals surface area contributed by atoms with Crippen molar-refractivity contribution in [2.24, 2.45) is 0 Å². The quantitative estimate of drug-likeness (QED) is 0.479. The Morgan fingerprint density at radius 3 is 2.30 bits per heavy atom. The summed E-state index contributed by atoms with van der Waals surface area (Å²) >= 11 is 1.30. The second-order valence-electron chi connectivity index (χ2n) is 8.59. The van der Waals surface area contributed by atoms with E-state index in [2.05, 4.69) is 37.0 Å². The number of aryl methyl sites for hydroxylation is 2. The minimum atomic E-state index is -0.347. The number of carbonyl (C=O) groups excluding carboxylic acids is 1. The van der Waals surface area contributed by atoms with E-state index in [-0.39, 0.29) is 16.7 Å². The van der Waals surface area contributed by atoms with Crippen LogP contribution in [-0.4, -0.2) is 31.8 Å². The van der Waals surface area contributed by atoms with Gasteiger partial charge >= 0.3 is 0 Å². The second kappa shape index (κ2) is 9.04. The molecule has 1 amide bonds. The Labute approximate surface area is 182 Å². The molecule has 6 heteroatoms. The van der Waals surface area contributed by atoms with Crippen LogP contribution in [0.3, 0.4) is 0 Å². The predicted molar refractivity (Wildman–Crippen MR) is 121 cm³/mol. The molecule has 0 aliphatic rings. The number of aromatic nitrogens is 2. The van der Waals surface area contributed by atoms with Gasteiger partial charge in [-0.2, -0.15) is 0 Å². The lowest BCUT2D eigenvalue weighted by atomic mass is 10.0. The molecule has 1 atom stereocenters. The highest BCUT2D eigenvalue weighted by Crippen LogP contribution is 2.30. The molecule has 30 heavy (non-hydrogen) atoms. The zero-order valence-electron chi connectivity index (χ0n) is 18.5. The van der Waals surface area contributed by atoms with Gasteiger partial charge in [-0.25, -0.2) is 0 Å². The minimum Gasteiger partial charge on any atom is -0.411 e. The van der Waals surface area contributed by atoms with E-state index in [1.54, 1.807) is 0 Å². The molecule has 0 saturated carbocycles. The van der Waals surface area contributed by atoms with Crippen molar-refractivity contribution in [2.75, 3.05) is 0 Å². The van der Waals surface area contributed by atoms with Crippen molar-refractivity contribution >= 4 is 17.7 Å². The van der Waals surface area contributed by atoms with Crippen molar-refractivity contribution in [3.05, 3.63) is 65.2 Å². The zero-order valence-corrected chi connectivity index (χ0v) is 19.3. The highest BCUT2D eigenvalue weighted by atomic mass is 32.2. The van der Waals surface area contributed by atoms with Gasteiger partial charge in [-0.3, -0.25) is 4.79 Å². The van der Waals surface area contributed by atoms with Crippen LogP contribution in [0.5, 0.6) is 0 Å². The third-order valence-electron chi connectivity index (χ3n) is 4.76. The third kappa shape index (κ3) is 5.51. The van der Waals surface area contributed by atoms with Gasteiger partial charge in [0.15, 0.2) is 0 Å². The molecule has 0 saturated heterocycles. The first kappa shape index (κ1) is 22.1. The van der Waals surface area contributed by atoms with Gasteiger partial charge in [-0.1, -0.05) is 59.3 Å². The molecular weight excluding hydrogens is 394 g/mol. The van der Waals surface area contributed by atoms with Crippen molar-refractivity contribution < 1.29 is 9.21 Å². The van der Waals surface area contributed by atoms with E-state index >= 15 is 0 Å². The van der Waals surface area contributed by atoms with Gasteiger partial charge < -0.3 is 9.32 Å². The van der Waals surface area contributed by atoms with Gasteiger partial charge in [0.25, 0.3) is 5.22 Å². The van der Waals surface area contributed by atoms with Crippen LogP contribution in [0.15, 0.2) is 58.2 Å². The molecule has 1 aromatic heterocycles. The van der Waals surface area contributed by atoms with Crippen LogP contribution in [0.2, 0.25) is 0 Å². The molecule has 0 unspecified atom stereocenters. The summed E-state index contributed by atoms with van der Waals surface area (Å²) in [6.45, 7) is 12.7. The lowest BCUT2D eigenvalue weighted by Crippen LogP contribution is -2.48. The molecule has 3 rings (SSSR count). The predicted octanol–water partition coefficient (Wildman–Crippen LogP) is 5.66. The highest BCUT2D eigenvalue weighted by molar-refractivity contribution is 8.00. The molecule has 158 valence electrons. The molecule has 0 aliphatic carbocycles. The van der Waals surface area contributed by atoms with Crippen molar-refractivity contribution in [2.45, 2.75) is 64.1 Å². The maximum Gasteiger partial charge on any atom is 0.277 e. The molecule has 0 fully saturated rings. The van der Waals surface area contributed by atoms with Crippen LogP contribution >= 0.6 is 11.8 Å². The van der Waals surface area contributed by atoms with Gasteiger partial charge in [0.2, 0.25) is 11.8 Å². The molecule has 0 radical (unpaired) electrons. The molecule has 0 bridgehead atoms. The first-order valence-corrected chi connectivity index (χ1v) is 11.0. The average Bonchev–Trinajstić information content (AvgIpc) is 3.13. The minimum absolute atomic E-state index is 0.0440. The van der Waals surface area contributed by atoms with Crippen LogP contribution in [0.1, 0.15) is 44.4 Å². The fourth-order valence-corrected chi connectivity index (χ4v) is 4.05. The van der Waals surface area contributed by atoms with E-state index < -0.39 is 0 Å². The topological polar surface area (TPSA) is 59.2 Å². The summed E-state index contributed by atoms with van der Waals surface area (Å²) in [5, 5.41) is 8.39. The van der Waals surface area contributed by atoms with Gasteiger partial charge in [0, 0.05) is 17.6 Å². The third-order valence-corrected chi connectivity index (χ3v) is 5.68. The normalized spacial score (nSPS) is 12.6. The van der Waals surface area contributed by atoms with E-state index in [1.807, 2.05) is 68.1 Å². The Morgan fingerprint density at radius 2 is 1.70 bits per heavy atom. The number of thioether (sulfide) groups is 1. The Balaban J connectivity index is 1.74. The molecule has 0 spiro atoms. The van der Waals surface area contributed by atoms with Crippen LogP contribution in [-0.2, 0) is 11.3 Å².